The van der Waals surface area contributed by atoms with E-state index in [-0.39, 0.29) is 11.9 Å². The smallest absolute Gasteiger partial charge is 0.222 e. The summed E-state index contributed by atoms with van der Waals surface area (Å²) in [6, 6.07) is 7.59. The van der Waals surface area contributed by atoms with Crippen LogP contribution in [-0.4, -0.2) is 54.1 Å². The second-order valence-corrected chi connectivity index (χ2v) is 6.35. The first kappa shape index (κ1) is 19.1. The number of hydrogen-bond donors (Lipinski definition) is 3. The van der Waals surface area contributed by atoms with E-state index in [0.717, 1.165) is 51.4 Å². The fourth-order valence-corrected chi connectivity index (χ4v) is 2.98. The third kappa shape index (κ3) is 6.29. The first-order chi connectivity index (χ1) is 12.1. The molecule has 138 valence electrons. The van der Waals surface area contributed by atoms with Gasteiger partial charge in [0, 0.05) is 38.6 Å². The Bertz CT molecular complexity index is 571. The maximum Gasteiger partial charge on any atom is 0.222 e. The molecule has 0 aromatic heterocycles. The molecule has 1 saturated heterocycles. The van der Waals surface area contributed by atoms with Gasteiger partial charge in [0.1, 0.15) is 5.75 Å². The molecule has 0 aliphatic carbocycles. The lowest BCUT2D eigenvalue weighted by molar-refractivity contribution is -0.129. The lowest BCUT2D eigenvalue weighted by atomic mass is 10.1. The van der Waals surface area contributed by atoms with Crippen LogP contribution in [0, 0.1) is 0 Å². The highest BCUT2D eigenvalue weighted by atomic mass is 16.3. The third-order valence-electron chi connectivity index (χ3n) is 4.36. The van der Waals surface area contributed by atoms with Crippen molar-refractivity contribution >= 4 is 11.9 Å². The van der Waals surface area contributed by atoms with Crippen molar-refractivity contribution in [3.63, 3.8) is 0 Å². The normalized spacial score (nSPS) is 17.6. The molecule has 0 saturated carbocycles. The minimum Gasteiger partial charge on any atom is -0.508 e. The number of carbonyl (C=O) groups is 1. The van der Waals surface area contributed by atoms with E-state index in [1.807, 2.05) is 24.0 Å². The number of likely N-dealkylation sites (tertiary alicyclic amines) is 1. The predicted octanol–water partition coefficient (Wildman–Crippen LogP) is 1.89. The Kier molecular flexibility index (Phi) is 7.57. The quantitative estimate of drug-likeness (QED) is 0.400. The van der Waals surface area contributed by atoms with Crippen LogP contribution in [0.2, 0.25) is 0 Å². The SMILES string of the molecule is CCNC(=NCCCc1ccc(O)cc1)NC1CCN(C(=O)CC)C1. The van der Waals surface area contributed by atoms with Crippen LogP contribution in [0.4, 0.5) is 0 Å². The van der Waals surface area contributed by atoms with Gasteiger partial charge in [-0.05, 0) is 43.9 Å². The first-order valence-electron chi connectivity index (χ1n) is 9.23. The maximum absolute atomic E-state index is 11.8. The summed E-state index contributed by atoms with van der Waals surface area (Å²) in [5, 5.41) is 16.0. The van der Waals surface area contributed by atoms with Crippen molar-refractivity contribution in [2.24, 2.45) is 4.99 Å². The summed E-state index contributed by atoms with van der Waals surface area (Å²) in [6.07, 6.45) is 3.42. The molecule has 6 heteroatoms. The number of aliphatic imine (C=N–C) groups is 1. The fraction of sp³-hybridized carbons (Fsp3) is 0.579. The Morgan fingerprint density at radius 1 is 1.32 bits per heavy atom. The molecule has 1 atom stereocenters. The van der Waals surface area contributed by atoms with Crippen LogP contribution in [0.15, 0.2) is 29.3 Å². The van der Waals surface area contributed by atoms with Crippen molar-refractivity contribution in [2.75, 3.05) is 26.2 Å². The molecule has 1 aromatic rings. The number of carbonyl (C=O) groups excluding carboxylic acids is 1. The number of phenols is 1. The molecular weight excluding hydrogens is 316 g/mol. The second kappa shape index (κ2) is 9.91. The number of guanidine groups is 1. The van der Waals surface area contributed by atoms with E-state index in [1.165, 1.54) is 5.56 Å². The van der Waals surface area contributed by atoms with Gasteiger partial charge in [0.15, 0.2) is 5.96 Å². The van der Waals surface area contributed by atoms with Crippen molar-refractivity contribution in [1.82, 2.24) is 15.5 Å². The number of nitrogens with zero attached hydrogens (tertiary/aromatic N) is 2. The average molecular weight is 346 g/mol. The summed E-state index contributed by atoms with van der Waals surface area (Å²) in [6.45, 7) is 7.09. The minimum absolute atomic E-state index is 0.222. The number of aromatic hydroxyl groups is 1. The number of benzene rings is 1. The molecular formula is C19H30N4O2. The Morgan fingerprint density at radius 2 is 2.08 bits per heavy atom. The van der Waals surface area contributed by atoms with Gasteiger partial charge in [-0.1, -0.05) is 19.1 Å². The maximum atomic E-state index is 11.8. The zero-order valence-corrected chi connectivity index (χ0v) is 15.3. The largest absolute Gasteiger partial charge is 0.508 e. The molecule has 2 rings (SSSR count). The number of hydrogen-bond acceptors (Lipinski definition) is 3. The third-order valence-corrected chi connectivity index (χ3v) is 4.36. The number of aryl methyl sites for hydroxylation is 1. The van der Waals surface area contributed by atoms with Gasteiger partial charge in [-0.3, -0.25) is 9.79 Å². The molecule has 1 fully saturated rings. The van der Waals surface area contributed by atoms with Crippen LogP contribution in [0.1, 0.15) is 38.7 Å². The molecule has 1 aliphatic heterocycles. The predicted molar refractivity (Wildman–Crippen MR) is 101 cm³/mol. The summed E-state index contributed by atoms with van der Waals surface area (Å²) < 4.78 is 0. The van der Waals surface area contributed by atoms with Crippen LogP contribution >= 0.6 is 0 Å². The number of rotatable bonds is 7. The van der Waals surface area contributed by atoms with E-state index in [9.17, 15) is 9.90 Å². The van der Waals surface area contributed by atoms with Gasteiger partial charge in [0.2, 0.25) is 5.91 Å². The molecule has 25 heavy (non-hydrogen) atoms. The van der Waals surface area contributed by atoms with Gasteiger partial charge < -0.3 is 20.6 Å². The Labute approximate surface area is 150 Å². The summed E-state index contributed by atoms with van der Waals surface area (Å²) >= 11 is 0. The average Bonchev–Trinajstić information content (AvgIpc) is 3.08. The van der Waals surface area contributed by atoms with E-state index in [0.29, 0.717) is 12.2 Å². The Hall–Kier alpha value is -2.24. The van der Waals surface area contributed by atoms with Gasteiger partial charge in [-0.2, -0.15) is 0 Å². The molecule has 0 bridgehead atoms. The summed E-state index contributed by atoms with van der Waals surface area (Å²) in [4.78, 5) is 18.3. The second-order valence-electron chi connectivity index (χ2n) is 6.35. The van der Waals surface area contributed by atoms with Gasteiger partial charge in [-0.15, -0.1) is 0 Å². The van der Waals surface area contributed by atoms with E-state index in [4.69, 9.17) is 0 Å². The van der Waals surface area contributed by atoms with Crippen LogP contribution < -0.4 is 10.6 Å². The number of phenolic OH excluding ortho intramolecular Hbond substituents is 1. The first-order valence-corrected chi connectivity index (χ1v) is 9.23. The summed E-state index contributed by atoms with van der Waals surface area (Å²) in [5.74, 6) is 1.34. The van der Waals surface area contributed by atoms with Crippen LogP contribution in [0.3, 0.4) is 0 Å². The highest BCUT2D eigenvalue weighted by Crippen LogP contribution is 2.12. The van der Waals surface area contributed by atoms with Crippen LogP contribution in [0.5, 0.6) is 5.75 Å². The van der Waals surface area contributed by atoms with Crippen LogP contribution in [0.25, 0.3) is 0 Å². The van der Waals surface area contributed by atoms with Crippen LogP contribution in [-0.2, 0) is 11.2 Å². The molecule has 1 unspecified atom stereocenters. The van der Waals surface area contributed by atoms with Crippen molar-refractivity contribution < 1.29 is 9.90 Å². The van der Waals surface area contributed by atoms with Gasteiger partial charge >= 0.3 is 0 Å². The van der Waals surface area contributed by atoms with Gasteiger partial charge in [-0.25, -0.2) is 0 Å². The Balaban J connectivity index is 1.78. The standard InChI is InChI=1S/C19H30N4O2/c1-3-18(25)23-13-11-16(14-23)22-19(20-4-2)21-12-5-6-15-7-9-17(24)10-8-15/h7-10,16,24H,3-6,11-14H2,1-2H3,(H2,20,21,22). The van der Waals surface area contributed by atoms with Gasteiger partial charge in [0.25, 0.3) is 0 Å². The molecule has 1 aromatic carbocycles. The zero-order chi connectivity index (χ0) is 18.1. The summed E-state index contributed by atoms with van der Waals surface area (Å²) in [5.41, 5.74) is 1.20. The van der Waals surface area contributed by atoms with Crippen molar-refractivity contribution in [2.45, 2.75) is 45.6 Å². The Morgan fingerprint density at radius 3 is 2.76 bits per heavy atom. The molecule has 6 nitrogen and oxygen atoms in total. The van der Waals surface area contributed by atoms with E-state index in [2.05, 4.69) is 22.5 Å². The molecule has 1 heterocycles. The van der Waals surface area contributed by atoms with Crippen molar-refractivity contribution in [3.8, 4) is 5.75 Å². The molecule has 1 aliphatic rings. The molecule has 0 spiro atoms. The van der Waals surface area contributed by atoms with Gasteiger partial charge in [0.05, 0.1) is 0 Å². The highest BCUT2D eigenvalue weighted by molar-refractivity contribution is 5.80. The minimum atomic E-state index is 0.222. The lowest BCUT2D eigenvalue weighted by Gasteiger charge is -2.18. The zero-order valence-electron chi connectivity index (χ0n) is 15.3. The number of amides is 1. The van der Waals surface area contributed by atoms with Crippen molar-refractivity contribution in [3.05, 3.63) is 29.8 Å². The number of nitrogens with one attached hydrogen (secondary N) is 2. The van der Waals surface area contributed by atoms with E-state index >= 15 is 0 Å². The van der Waals surface area contributed by atoms with Crippen molar-refractivity contribution in [1.29, 1.82) is 0 Å². The monoisotopic (exact) mass is 346 g/mol. The summed E-state index contributed by atoms with van der Waals surface area (Å²) in [7, 11) is 0. The fourth-order valence-electron chi connectivity index (χ4n) is 2.98. The topological polar surface area (TPSA) is 77.0 Å². The molecule has 1 amide bonds. The molecule has 3 N–H and O–H groups in total. The highest BCUT2D eigenvalue weighted by Gasteiger charge is 2.25. The van der Waals surface area contributed by atoms with E-state index in [1.54, 1.807) is 12.1 Å². The molecule has 0 radical (unpaired) electrons. The lowest BCUT2D eigenvalue weighted by Crippen LogP contribution is -2.45. The van der Waals surface area contributed by atoms with E-state index < -0.39 is 0 Å².